The van der Waals surface area contributed by atoms with E-state index in [4.69, 9.17) is 9.84 Å². The molecule has 5 heteroatoms. The summed E-state index contributed by atoms with van der Waals surface area (Å²) in [6.45, 7) is 2.22. The summed E-state index contributed by atoms with van der Waals surface area (Å²) in [7, 11) is 0. The van der Waals surface area contributed by atoms with Gasteiger partial charge in [0.1, 0.15) is 18.1 Å². The summed E-state index contributed by atoms with van der Waals surface area (Å²) in [6.07, 6.45) is 2.48. The van der Waals surface area contributed by atoms with E-state index in [-0.39, 0.29) is 0 Å². The van der Waals surface area contributed by atoms with Crippen LogP contribution in [0.2, 0.25) is 0 Å². The van der Waals surface area contributed by atoms with Crippen molar-refractivity contribution in [3.63, 3.8) is 0 Å². The number of carbonyl (C=O) groups is 1. The minimum Gasteiger partial charge on any atom is -0.487 e. The Balaban J connectivity index is 2.20. The van der Waals surface area contributed by atoms with Crippen LogP contribution in [0.3, 0.4) is 0 Å². The highest BCUT2D eigenvalue weighted by molar-refractivity contribution is 9.10. The van der Waals surface area contributed by atoms with Gasteiger partial charge in [0.2, 0.25) is 0 Å². The van der Waals surface area contributed by atoms with Crippen molar-refractivity contribution in [2.24, 2.45) is 0 Å². The molecule has 2 rings (SSSR count). The summed E-state index contributed by atoms with van der Waals surface area (Å²) in [5.41, 5.74) is 2.31. The van der Waals surface area contributed by atoms with Crippen molar-refractivity contribution in [2.45, 2.75) is 13.5 Å². The van der Waals surface area contributed by atoms with E-state index in [9.17, 15) is 4.79 Å². The molecule has 0 bridgehead atoms. The van der Waals surface area contributed by atoms with Crippen LogP contribution in [-0.2, 0) is 11.4 Å². The van der Waals surface area contributed by atoms with Gasteiger partial charge in [-0.2, -0.15) is 0 Å². The van der Waals surface area contributed by atoms with Crippen LogP contribution in [0.25, 0.3) is 6.08 Å². The third-order valence-corrected chi connectivity index (χ3v) is 3.52. The number of halogens is 1. The van der Waals surface area contributed by atoms with Gasteiger partial charge in [-0.25, -0.2) is 9.78 Å². The van der Waals surface area contributed by atoms with Gasteiger partial charge in [-0.05, 0) is 31.2 Å². The van der Waals surface area contributed by atoms with E-state index < -0.39 is 5.97 Å². The number of benzene rings is 1. The number of ether oxygens (including phenoxy) is 1. The molecule has 1 N–H and O–H groups in total. The molecular formula is C16H14BrNO3. The molecule has 0 unspecified atom stereocenters. The van der Waals surface area contributed by atoms with Gasteiger partial charge in [-0.3, -0.25) is 0 Å². The average Bonchev–Trinajstić information content (AvgIpc) is 2.45. The maximum absolute atomic E-state index is 10.6. The lowest BCUT2D eigenvalue weighted by Gasteiger charge is -2.10. The van der Waals surface area contributed by atoms with Gasteiger partial charge in [-0.15, -0.1) is 0 Å². The van der Waals surface area contributed by atoms with Crippen LogP contribution in [0.15, 0.2) is 46.9 Å². The summed E-state index contributed by atoms with van der Waals surface area (Å²) in [4.78, 5) is 14.9. The highest BCUT2D eigenvalue weighted by atomic mass is 79.9. The Kier molecular flexibility index (Phi) is 5.11. The number of rotatable bonds is 5. The zero-order chi connectivity index (χ0) is 15.2. The van der Waals surface area contributed by atoms with E-state index in [2.05, 4.69) is 20.9 Å². The number of nitrogens with zero attached hydrogens (tertiary/aromatic N) is 1. The molecule has 1 heterocycles. The molecule has 1 aromatic carbocycles. The van der Waals surface area contributed by atoms with Crippen LogP contribution < -0.4 is 4.74 Å². The van der Waals surface area contributed by atoms with Crippen LogP contribution in [0.5, 0.6) is 5.75 Å². The third-order valence-electron chi connectivity index (χ3n) is 2.75. The van der Waals surface area contributed by atoms with E-state index >= 15 is 0 Å². The number of aromatic nitrogens is 1. The molecule has 21 heavy (non-hydrogen) atoms. The second-order valence-electron chi connectivity index (χ2n) is 4.39. The highest BCUT2D eigenvalue weighted by Crippen LogP contribution is 2.22. The average molecular weight is 348 g/mol. The van der Waals surface area contributed by atoms with Crippen molar-refractivity contribution in [2.75, 3.05) is 0 Å². The number of carboxylic acid groups (broad SMARTS) is 1. The lowest BCUT2D eigenvalue weighted by Crippen LogP contribution is -2.00. The fraction of sp³-hybridized carbons (Fsp3) is 0.125. The van der Waals surface area contributed by atoms with Crippen LogP contribution in [-0.4, -0.2) is 16.1 Å². The van der Waals surface area contributed by atoms with Gasteiger partial charge in [0.05, 0.1) is 0 Å². The molecule has 0 amide bonds. The van der Waals surface area contributed by atoms with E-state index in [0.29, 0.717) is 18.1 Å². The largest absolute Gasteiger partial charge is 0.487 e. The first-order valence-corrected chi connectivity index (χ1v) is 7.10. The van der Waals surface area contributed by atoms with E-state index in [1.54, 1.807) is 6.07 Å². The third kappa shape index (κ3) is 4.43. The van der Waals surface area contributed by atoms with Crippen molar-refractivity contribution in [3.05, 3.63) is 63.9 Å². The first-order chi connectivity index (χ1) is 10.1. The quantitative estimate of drug-likeness (QED) is 0.835. The molecule has 0 radical (unpaired) electrons. The Bertz CT molecular complexity index is 683. The summed E-state index contributed by atoms with van der Waals surface area (Å²) in [6, 6.07) is 11.4. The van der Waals surface area contributed by atoms with E-state index in [1.165, 1.54) is 6.08 Å². The minimum atomic E-state index is -1.02. The van der Waals surface area contributed by atoms with Crippen molar-refractivity contribution in [3.8, 4) is 5.75 Å². The molecule has 1 aromatic heterocycles. The topological polar surface area (TPSA) is 59.4 Å². The number of pyridine rings is 1. The van der Waals surface area contributed by atoms with Crippen molar-refractivity contribution >= 4 is 28.0 Å². The molecule has 2 aromatic rings. The van der Waals surface area contributed by atoms with Crippen LogP contribution >= 0.6 is 15.9 Å². The van der Waals surface area contributed by atoms with Gasteiger partial charge in [0.15, 0.2) is 0 Å². The van der Waals surface area contributed by atoms with Gasteiger partial charge < -0.3 is 9.84 Å². The van der Waals surface area contributed by atoms with Gasteiger partial charge >= 0.3 is 5.97 Å². The number of hydrogen-bond donors (Lipinski definition) is 1. The van der Waals surface area contributed by atoms with Crippen molar-refractivity contribution in [1.29, 1.82) is 0 Å². The van der Waals surface area contributed by atoms with E-state index in [1.807, 2.05) is 37.3 Å². The molecule has 0 aliphatic heterocycles. The van der Waals surface area contributed by atoms with Crippen LogP contribution in [0.1, 0.15) is 17.0 Å². The van der Waals surface area contributed by atoms with Crippen LogP contribution in [0, 0.1) is 6.92 Å². The summed E-state index contributed by atoms with van der Waals surface area (Å²) in [5, 5.41) is 8.72. The lowest BCUT2D eigenvalue weighted by molar-refractivity contribution is -0.131. The second kappa shape index (κ2) is 7.04. The predicted molar refractivity (Wildman–Crippen MR) is 84.1 cm³/mol. The number of carboxylic acids is 1. The maximum Gasteiger partial charge on any atom is 0.328 e. The van der Waals surface area contributed by atoms with Crippen LogP contribution in [0.4, 0.5) is 0 Å². The molecule has 0 fully saturated rings. The molecule has 0 aliphatic carbocycles. The maximum atomic E-state index is 10.6. The smallest absolute Gasteiger partial charge is 0.328 e. The molecule has 0 saturated heterocycles. The fourth-order valence-electron chi connectivity index (χ4n) is 1.73. The summed E-state index contributed by atoms with van der Waals surface area (Å²) >= 11 is 3.46. The Hall–Kier alpha value is -2.14. The molecule has 0 aliphatic rings. The van der Waals surface area contributed by atoms with E-state index in [0.717, 1.165) is 21.8 Å². The van der Waals surface area contributed by atoms with Gasteiger partial charge in [0, 0.05) is 21.8 Å². The summed E-state index contributed by atoms with van der Waals surface area (Å²) < 4.78 is 6.72. The van der Waals surface area contributed by atoms with Crippen molar-refractivity contribution in [1.82, 2.24) is 4.98 Å². The minimum absolute atomic E-state index is 0.375. The first kappa shape index (κ1) is 15.3. The Morgan fingerprint density at radius 2 is 2.10 bits per heavy atom. The molecule has 108 valence electrons. The first-order valence-electron chi connectivity index (χ1n) is 6.31. The number of hydrogen-bond acceptors (Lipinski definition) is 3. The predicted octanol–water partition coefficient (Wildman–Crippen LogP) is 3.83. The Labute approximate surface area is 131 Å². The van der Waals surface area contributed by atoms with Crippen molar-refractivity contribution < 1.29 is 14.6 Å². The zero-order valence-corrected chi connectivity index (χ0v) is 13.0. The Morgan fingerprint density at radius 1 is 1.33 bits per heavy atom. The second-order valence-corrected chi connectivity index (χ2v) is 5.24. The normalized spacial score (nSPS) is 10.8. The number of aryl methyl sites for hydroxylation is 1. The SMILES string of the molecule is Cc1ccc(OCc2ccccc2Br)c(C=CC(=O)O)n1. The van der Waals surface area contributed by atoms with Gasteiger partial charge in [0.25, 0.3) is 0 Å². The monoisotopic (exact) mass is 347 g/mol. The molecular weight excluding hydrogens is 334 g/mol. The fourth-order valence-corrected chi connectivity index (χ4v) is 2.13. The number of aliphatic carboxylic acids is 1. The molecule has 4 nitrogen and oxygen atoms in total. The summed E-state index contributed by atoms with van der Waals surface area (Å²) in [5.74, 6) is -0.469. The lowest BCUT2D eigenvalue weighted by atomic mass is 10.2. The Morgan fingerprint density at radius 3 is 2.81 bits per heavy atom. The van der Waals surface area contributed by atoms with Gasteiger partial charge in [-0.1, -0.05) is 34.1 Å². The standard InChI is InChI=1S/C16H14BrNO3/c1-11-6-8-15(14(18-11)7-9-16(19)20)21-10-12-4-2-3-5-13(12)17/h2-9H,10H2,1H3,(H,19,20). The molecule has 0 spiro atoms. The highest BCUT2D eigenvalue weighted by Gasteiger charge is 2.06. The molecule has 0 saturated carbocycles. The zero-order valence-electron chi connectivity index (χ0n) is 11.4. The molecule has 0 atom stereocenters.